The van der Waals surface area contributed by atoms with E-state index in [0.29, 0.717) is 24.1 Å². The first kappa shape index (κ1) is 21.3. The van der Waals surface area contributed by atoms with Crippen molar-refractivity contribution in [3.05, 3.63) is 48.3 Å². The predicted octanol–water partition coefficient (Wildman–Crippen LogP) is 2.65. The molecule has 3 heterocycles. The second kappa shape index (κ2) is 9.41. The molecule has 8 heteroatoms. The van der Waals surface area contributed by atoms with E-state index in [2.05, 4.69) is 15.7 Å². The second-order valence-electron chi connectivity index (χ2n) is 7.62. The Hall–Kier alpha value is -2.38. The summed E-state index contributed by atoms with van der Waals surface area (Å²) in [6, 6.07) is 9.11. The van der Waals surface area contributed by atoms with Gasteiger partial charge in [0.25, 0.3) is 11.8 Å². The van der Waals surface area contributed by atoms with Gasteiger partial charge in [0.15, 0.2) is 0 Å². The topological polar surface area (TPSA) is 79.3 Å². The normalized spacial score (nSPS) is 18.6. The van der Waals surface area contributed by atoms with Crippen molar-refractivity contribution >= 4 is 29.9 Å². The number of carbonyl (C=O) groups is 2. The summed E-state index contributed by atoms with van der Waals surface area (Å²) in [5, 5.41) is 10.7. The lowest BCUT2D eigenvalue weighted by Gasteiger charge is -2.36. The minimum atomic E-state index is -0.707. The Bertz CT molecular complexity index is 827. The molecule has 0 aliphatic carbocycles. The number of halogens is 1. The first-order chi connectivity index (χ1) is 13.7. The summed E-state index contributed by atoms with van der Waals surface area (Å²) >= 11 is 0. The fourth-order valence-electron chi connectivity index (χ4n) is 4.18. The molecule has 0 bridgehead atoms. The van der Waals surface area contributed by atoms with Gasteiger partial charge in [0, 0.05) is 36.7 Å². The van der Waals surface area contributed by atoms with Gasteiger partial charge in [0.1, 0.15) is 5.54 Å². The molecule has 2 aliphatic heterocycles. The molecule has 2 saturated heterocycles. The molecule has 0 spiro atoms. The number of piperidine rings is 2. The number of benzene rings is 1. The highest BCUT2D eigenvalue weighted by Gasteiger charge is 2.42. The van der Waals surface area contributed by atoms with Gasteiger partial charge < -0.3 is 15.5 Å². The first-order valence-corrected chi connectivity index (χ1v) is 10.1. The molecular formula is C21H28ClN5O2. The predicted molar refractivity (Wildman–Crippen MR) is 114 cm³/mol. The number of nitrogens with zero attached hydrogens (tertiary/aromatic N) is 3. The molecular weight excluding hydrogens is 390 g/mol. The van der Waals surface area contributed by atoms with Crippen molar-refractivity contribution in [3.8, 4) is 0 Å². The zero-order valence-corrected chi connectivity index (χ0v) is 17.3. The zero-order chi connectivity index (χ0) is 19.4. The van der Waals surface area contributed by atoms with E-state index < -0.39 is 5.54 Å². The summed E-state index contributed by atoms with van der Waals surface area (Å²) < 4.78 is 1.77. The first-order valence-electron chi connectivity index (χ1n) is 10.1. The third kappa shape index (κ3) is 4.46. The maximum atomic E-state index is 13.3. The quantitative estimate of drug-likeness (QED) is 0.801. The van der Waals surface area contributed by atoms with E-state index in [1.807, 2.05) is 35.4 Å². The molecule has 0 saturated carbocycles. The van der Waals surface area contributed by atoms with Crippen LogP contribution in [-0.2, 0) is 10.3 Å². The smallest absolute Gasteiger partial charge is 0.253 e. The number of rotatable bonds is 4. The lowest BCUT2D eigenvalue weighted by Crippen LogP contribution is -2.52. The number of anilines is 1. The second-order valence-corrected chi connectivity index (χ2v) is 7.62. The third-order valence-corrected chi connectivity index (χ3v) is 5.81. The Morgan fingerprint density at radius 2 is 1.83 bits per heavy atom. The third-order valence-electron chi connectivity index (χ3n) is 5.81. The number of nitrogens with one attached hydrogen (secondary N) is 2. The molecule has 1 aromatic heterocycles. The van der Waals surface area contributed by atoms with Crippen LogP contribution in [0.2, 0.25) is 0 Å². The highest BCUT2D eigenvalue weighted by Crippen LogP contribution is 2.29. The minimum Gasteiger partial charge on any atom is -0.339 e. The minimum absolute atomic E-state index is 0. The van der Waals surface area contributed by atoms with Crippen LogP contribution in [0.5, 0.6) is 0 Å². The van der Waals surface area contributed by atoms with Crippen molar-refractivity contribution in [2.75, 3.05) is 31.5 Å². The monoisotopic (exact) mass is 417 g/mol. The lowest BCUT2D eigenvalue weighted by molar-refractivity contribution is -0.126. The Morgan fingerprint density at radius 1 is 1.07 bits per heavy atom. The van der Waals surface area contributed by atoms with Crippen molar-refractivity contribution in [1.29, 1.82) is 0 Å². The van der Waals surface area contributed by atoms with Crippen molar-refractivity contribution in [2.24, 2.45) is 0 Å². The van der Waals surface area contributed by atoms with Crippen molar-refractivity contribution < 1.29 is 9.59 Å². The van der Waals surface area contributed by atoms with Crippen LogP contribution < -0.4 is 10.6 Å². The van der Waals surface area contributed by atoms with Crippen LogP contribution in [-0.4, -0.2) is 52.7 Å². The Labute approximate surface area is 177 Å². The van der Waals surface area contributed by atoms with Gasteiger partial charge >= 0.3 is 0 Å². The van der Waals surface area contributed by atoms with Crippen LogP contribution in [0.15, 0.2) is 42.7 Å². The van der Waals surface area contributed by atoms with Crippen LogP contribution in [0, 0.1) is 0 Å². The molecule has 0 radical (unpaired) electrons. The molecule has 156 valence electrons. The van der Waals surface area contributed by atoms with Crippen LogP contribution in [0.3, 0.4) is 0 Å². The average molecular weight is 418 g/mol. The fraction of sp³-hybridized carbons (Fsp3) is 0.476. The Kier molecular flexibility index (Phi) is 6.92. The Morgan fingerprint density at radius 3 is 2.52 bits per heavy atom. The number of hydrogen-bond donors (Lipinski definition) is 2. The van der Waals surface area contributed by atoms with Crippen molar-refractivity contribution in [3.63, 3.8) is 0 Å². The molecule has 2 N–H and O–H groups in total. The van der Waals surface area contributed by atoms with Gasteiger partial charge in [0.2, 0.25) is 0 Å². The summed E-state index contributed by atoms with van der Waals surface area (Å²) in [6.45, 7) is 3.15. The van der Waals surface area contributed by atoms with E-state index in [1.54, 1.807) is 16.9 Å². The summed E-state index contributed by atoms with van der Waals surface area (Å²) in [6.07, 6.45) is 8.20. The summed E-state index contributed by atoms with van der Waals surface area (Å²) in [4.78, 5) is 28.0. The molecule has 7 nitrogen and oxygen atoms in total. The molecule has 2 fully saturated rings. The van der Waals surface area contributed by atoms with Gasteiger partial charge in [-0.25, -0.2) is 0 Å². The molecule has 0 atom stereocenters. The van der Waals surface area contributed by atoms with Crippen LogP contribution in [0.4, 0.5) is 5.69 Å². The van der Waals surface area contributed by atoms with Gasteiger partial charge in [-0.05, 0) is 69.5 Å². The van der Waals surface area contributed by atoms with E-state index in [-0.39, 0.29) is 24.2 Å². The highest BCUT2D eigenvalue weighted by atomic mass is 35.5. The van der Waals surface area contributed by atoms with Crippen LogP contribution in [0.25, 0.3) is 0 Å². The van der Waals surface area contributed by atoms with Crippen molar-refractivity contribution in [1.82, 2.24) is 20.0 Å². The van der Waals surface area contributed by atoms with E-state index in [4.69, 9.17) is 0 Å². The fourth-order valence-corrected chi connectivity index (χ4v) is 4.18. The van der Waals surface area contributed by atoms with E-state index in [9.17, 15) is 9.59 Å². The van der Waals surface area contributed by atoms with Gasteiger partial charge in [0.05, 0.1) is 0 Å². The molecule has 2 amide bonds. The van der Waals surface area contributed by atoms with Gasteiger partial charge in [-0.15, -0.1) is 12.4 Å². The molecule has 4 rings (SSSR count). The van der Waals surface area contributed by atoms with E-state index in [1.165, 1.54) is 6.42 Å². The molecule has 1 aromatic carbocycles. The maximum Gasteiger partial charge on any atom is 0.253 e. The Balaban J connectivity index is 0.00000240. The van der Waals surface area contributed by atoms with E-state index in [0.717, 1.165) is 39.0 Å². The summed E-state index contributed by atoms with van der Waals surface area (Å²) in [7, 11) is 0. The number of aromatic nitrogens is 2. The number of carbonyl (C=O) groups excluding carboxylic acids is 2. The molecule has 2 aromatic rings. The number of hydrogen-bond acceptors (Lipinski definition) is 4. The zero-order valence-electron chi connectivity index (χ0n) is 16.5. The summed E-state index contributed by atoms with van der Waals surface area (Å²) in [5.41, 5.74) is 0.567. The molecule has 2 aliphatic rings. The summed E-state index contributed by atoms with van der Waals surface area (Å²) in [5.74, 6) is -0.0419. The maximum absolute atomic E-state index is 13.3. The number of amides is 2. The standard InChI is InChI=1S/C21H27N5O2.ClH/c27-19(25-13-2-1-3-14-25)17-6-4-7-18(16-17)24-20(28)21(8-11-22-12-9-21)26-15-5-10-23-26;/h4-7,10,15-16,22H,1-3,8-9,11-14H2,(H,24,28);1H. The van der Waals surface area contributed by atoms with E-state index >= 15 is 0 Å². The van der Waals surface area contributed by atoms with Crippen LogP contribution >= 0.6 is 12.4 Å². The highest BCUT2D eigenvalue weighted by molar-refractivity contribution is 5.99. The average Bonchev–Trinajstić information content (AvgIpc) is 3.30. The SMILES string of the molecule is Cl.O=C(c1cccc(NC(=O)C2(n3cccn3)CCNCC2)c1)N1CCCCC1. The lowest BCUT2D eigenvalue weighted by atomic mass is 9.87. The molecule has 29 heavy (non-hydrogen) atoms. The van der Waals surface area contributed by atoms with Crippen LogP contribution in [0.1, 0.15) is 42.5 Å². The largest absolute Gasteiger partial charge is 0.339 e. The van der Waals surface area contributed by atoms with Gasteiger partial charge in [-0.2, -0.15) is 5.10 Å². The van der Waals surface area contributed by atoms with Gasteiger partial charge in [-0.1, -0.05) is 6.07 Å². The van der Waals surface area contributed by atoms with Gasteiger partial charge in [-0.3, -0.25) is 14.3 Å². The van der Waals surface area contributed by atoms with Crippen molar-refractivity contribution in [2.45, 2.75) is 37.6 Å². The molecule has 0 unspecified atom stereocenters. The number of likely N-dealkylation sites (tertiary alicyclic amines) is 1.